The Bertz CT molecular complexity index is 168. The van der Waals surface area contributed by atoms with Crippen LogP contribution in [0.4, 0.5) is 0 Å². The standard InChI is InChI=1S/C9H18N2O/c1-7-3-2-4-11-8(7)9(12)5-10-6-9/h7-8,10-12H,2-6H2,1H3. The molecule has 2 saturated heterocycles. The minimum Gasteiger partial charge on any atom is -0.386 e. The highest BCUT2D eigenvalue weighted by molar-refractivity contribution is 5.04. The number of hydrogen-bond donors (Lipinski definition) is 3. The van der Waals surface area contributed by atoms with Gasteiger partial charge < -0.3 is 15.7 Å². The third-order valence-corrected chi connectivity index (χ3v) is 3.21. The molecule has 2 fully saturated rings. The van der Waals surface area contributed by atoms with E-state index in [1.807, 2.05) is 0 Å². The van der Waals surface area contributed by atoms with Crippen molar-refractivity contribution in [1.82, 2.24) is 10.6 Å². The van der Waals surface area contributed by atoms with Crippen molar-refractivity contribution in [2.24, 2.45) is 5.92 Å². The normalized spacial score (nSPS) is 40.5. The fraction of sp³-hybridized carbons (Fsp3) is 1.00. The van der Waals surface area contributed by atoms with Crippen molar-refractivity contribution in [2.75, 3.05) is 19.6 Å². The van der Waals surface area contributed by atoms with Crippen molar-refractivity contribution >= 4 is 0 Å². The van der Waals surface area contributed by atoms with Crippen LogP contribution in [0.5, 0.6) is 0 Å². The van der Waals surface area contributed by atoms with E-state index in [1.54, 1.807) is 0 Å². The van der Waals surface area contributed by atoms with Crippen LogP contribution in [0.15, 0.2) is 0 Å². The molecule has 0 aliphatic carbocycles. The number of β-amino-alcohol motifs (C(OH)–C–C–N with tert-alkyl or cyclic N) is 1. The molecule has 0 radical (unpaired) electrons. The molecule has 2 aliphatic heterocycles. The van der Waals surface area contributed by atoms with E-state index in [4.69, 9.17) is 0 Å². The summed E-state index contributed by atoms with van der Waals surface area (Å²) in [6, 6.07) is 0.312. The minimum absolute atomic E-state index is 0.312. The van der Waals surface area contributed by atoms with E-state index in [0.717, 1.165) is 19.6 Å². The second kappa shape index (κ2) is 2.98. The van der Waals surface area contributed by atoms with Gasteiger partial charge in [-0.25, -0.2) is 0 Å². The van der Waals surface area contributed by atoms with Gasteiger partial charge >= 0.3 is 0 Å². The third kappa shape index (κ3) is 1.26. The molecule has 0 amide bonds. The predicted octanol–water partition coefficient (Wildman–Crippen LogP) is -0.291. The number of aliphatic hydroxyl groups is 1. The Kier molecular flexibility index (Phi) is 2.10. The van der Waals surface area contributed by atoms with E-state index in [-0.39, 0.29) is 0 Å². The summed E-state index contributed by atoms with van der Waals surface area (Å²) in [6.07, 6.45) is 2.50. The second-order valence-electron chi connectivity index (χ2n) is 4.26. The molecule has 0 aromatic carbocycles. The average molecular weight is 170 g/mol. The summed E-state index contributed by atoms with van der Waals surface area (Å²) in [5.41, 5.74) is -0.458. The Morgan fingerprint density at radius 3 is 2.67 bits per heavy atom. The van der Waals surface area contributed by atoms with E-state index in [1.165, 1.54) is 12.8 Å². The molecule has 2 atom stereocenters. The molecule has 2 aliphatic rings. The van der Waals surface area contributed by atoms with E-state index < -0.39 is 5.60 Å². The minimum atomic E-state index is -0.458. The lowest BCUT2D eigenvalue weighted by atomic mass is 9.77. The first-order valence-electron chi connectivity index (χ1n) is 4.89. The number of nitrogens with one attached hydrogen (secondary N) is 2. The van der Waals surface area contributed by atoms with Crippen LogP contribution in [0.2, 0.25) is 0 Å². The highest BCUT2D eigenvalue weighted by Gasteiger charge is 2.45. The molecule has 0 saturated carbocycles. The van der Waals surface area contributed by atoms with Gasteiger partial charge in [-0.3, -0.25) is 0 Å². The van der Waals surface area contributed by atoms with Crippen LogP contribution >= 0.6 is 0 Å². The van der Waals surface area contributed by atoms with Crippen LogP contribution in [0.1, 0.15) is 19.8 Å². The number of hydrogen-bond acceptors (Lipinski definition) is 3. The van der Waals surface area contributed by atoms with Gasteiger partial charge in [-0.2, -0.15) is 0 Å². The molecule has 12 heavy (non-hydrogen) atoms. The summed E-state index contributed by atoms with van der Waals surface area (Å²) >= 11 is 0. The number of piperidine rings is 1. The van der Waals surface area contributed by atoms with Crippen LogP contribution in [0, 0.1) is 5.92 Å². The van der Waals surface area contributed by atoms with Gasteiger partial charge in [0.1, 0.15) is 5.60 Å². The molecule has 3 heteroatoms. The Morgan fingerprint density at radius 2 is 2.17 bits per heavy atom. The molecule has 3 nitrogen and oxygen atoms in total. The van der Waals surface area contributed by atoms with Crippen LogP contribution in [-0.4, -0.2) is 36.4 Å². The maximum absolute atomic E-state index is 10.1. The molecule has 0 aromatic rings. The van der Waals surface area contributed by atoms with Crippen molar-refractivity contribution in [3.8, 4) is 0 Å². The first kappa shape index (κ1) is 8.48. The molecule has 2 heterocycles. The van der Waals surface area contributed by atoms with E-state index in [9.17, 15) is 5.11 Å². The van der Waals surface area contributed by atoms with Gasteiger partial charge in [0.25, 0.3) is 0 Å². The molecule has 70 valence electrons. The molecule has 3 N–H and O–H groups in total. The average Bonchev–Trinajstić information content (AvgIpc) is 2.01. The lowest BCUT2D eigenvalue weighted by molar-refractivity contribution is -0.0640. The quantitative estimate of drug-likeness (QED) is 0.506. The van der Waals surface area contributed by atoms with Crippen molar-refractivity contribution < 1.29 is 5.11 Å². The topological polar surface area (TPSA) is 44.3 Å². The van der Waals surface area contributed by atoms with Crippen LogP contribution in [-0.2, 0) is 0 Å². The zero-order valence-electron chi connectivity index (χ0n) is 7.64. The molecule has 2 rings (SSSR count). The highest BCUT2D eigenvalue weighted by atomic mass is 16.3. The summed E-state index contributed by atoms with van der Waals surface area (Å²) in [5, 5.41) is 16.6. The van der Waals surface area contributed by atoms with Crippen molar-refractivity contribution in [3.63, 3.8) is 0 Å². The Morgan fingerprint density at radius 1 is 1.42 bits per heavy atom. The highest BCUT2D eigenvalue weighted by Crippen LogP contribution is 2.27. The van der Waals surface area contributed by atoms with Gasteiger partial charge in [0, 0.05) is 19.1 Å². The van der Waals surface area contributed by atoms with Gasteiger partial charge in [0.15, 0.2) is 0 Å². The van der Waals surface area contributed by atoms with Crippen molar-refractivity contribution in [3.05, 3.63) is 0 Å². The summed E-state index contributed by atoms with van der Waals surface area (Å²) in [6.45, 7) is 4.81. The monoisotopic (exact) mass is 170 g/mol. The van der Waals surface area contributed by atoms with Crippen LogP contribution < -0.4 is 10.6 Å². The first-order valence-corrected chi connectivity index (χ1v) is 4.89. The van der Waals surface area contributed by atoms with Gasteiger partial charge in [-0.1, -0.05) is 6.92 Å². The van der Waals surface area contributed by atoms with Gasteiger partial charge in [0.05, 0.1) is 0 Å². The molecule has 0 aromatic heterocycles. The SMILES string of the molecule is CC1CCCNC1C1(O)CNC1. The van der Waals surface area contributed by atoms with Crippen molar-refractivity contribution in [2.45, 2.75) is 31.4 Å². The first-order chi connectivity index (χ1) is 5.72. The number of rotatable bonds is 1. The van der Waals surface area contributed by atoms with E-state index >= 15 is 0 Å². The molecule has 0 spiro atoms. The fourth-order valence-corrected chi connectivity index (χ4v) is 2.37. The summed E-state index contributed by atoms with van der Waals surface area (Å²) < 4.78 is 0. The maximum Gasteiger partial charge on any atom is 0.105 e. The smallest absolute Gasteiger partial charge is 0.105 e. The Hall–Kier alpha value is -0.120. The predicted molar refractivity (Wildman–Crippen MR) is 48.0 cm³/mol. The summed E-state index contributed by atoms with van der Waals surface area (Å²) in [4.78, 5) is 0. The Balaban J connectivity index is 2.00. The van der Waals surface area contributed by atoms with Gasteiger partial charge in [-0.05, 0) is 25.3 Å². The van der Waals surface area contributed by atoms with Gasteiger partial charge in [-0.15, -0.1) is 0 Å². The largest absolute Gasteiger partial charge is 0.386 e. The third-order valence-electron chi connectivity index (χ3n) is 3.21. The van der Waals surface area contributed by atoms with Crippen molar-refractivity contribution in [1.29, 1.82) is 0 Å². The fourth-order valence-electron chi connectivity index (χ4n) is 2.37. The van der Waals surface area contributed by atoms with Crippen LogP contribution in [0.25, 0.3) is 0 Å². The zero-order chi connectivity index (χ0) is 8.60. The lowest BCUT2D eigenvalue weighted by Gasteiger charge is -2.48. The van der Waals surface area contributed by atoms with E-state index in [2.05, 4.69) is 17.6 Å². The summed E-state index contributed by atoms with van der Waals surface area (Å²) in [7, 11) is 0. The zero-order valence-corrected chi connectivity index (χ0v) is 7.64. The van der Waals surface area contributed by atoms with E-state index in [0.29, 0.717) is 12.0 Å². The maximum atomic E-state index is 10.1. The van der Waals surface area contributed by atoms with Crippen LogP contribution in [0.3, 0.4) is 0 Å². The molecule has 2 unspecified atom stereocenters. The Labute approximate surface area is 73.5 Å². The lowest BCUT2D eigenvalue weighted by Crippen LogP contribution is -2.71. The van der Waals surface area contributed by atoms with Gasteiger partial charge in [0.2, 0.25) is 0 Å². The molecular weight excluding hydrogens is 152 g/mol. The summed E-state index contributed by atoms with van der Waals surface area (Å²) in [5.74, 6) is 0.617. The molecule has 0 bridgehead atoms. The molecular formula is C9H18N2O. The second-order valence-corrected chi connectivity index (χ2v) is 4.26.